The molecule has 132 valence electrons. The number of aliphatic imine (C=N–C) groups is 1. The van der Waals surface area contributed by atoms with Crippen molar-refractivity contribution >= 4 is 18.0 Å². The molecule has 6 heteroatoms. The summed E-state index contributed by atoms with van der Waals surface area (Å²) in [5.41, 5.74) is -1.63. The van der Waals surface area contributed by atoms with E-state index in [9.17, 15) is 14.4 Å². The Hall–Kier alpha value is -1.68. The van der Waals surface area contributed by atoms with Gasteiger partial charge in [-0.1, -0.05) is 58.8 Å². The number of carbonyl (C=O) groups is 2. The van der Waals surface area contributed by atoms with Crippen LogP contribution in [0.1, 0.15) is 78.1 Å². The van der Waals surface area contributed by atoms with Gasteiger partial charge in [0.15, 0.2) is 5.54 Å². The van der Waals surface area contributed by atoms with Crippen molar-refractivity contribution in [3.05, 3.63) is 0 Å². The first-order valence-corrected chi connectivity index (χ1v) is 8.50. The van der Waals surface area contributed by atoms with Gasteiger partial charge in [-0.2, -0.15) is 4.99 Å². The van der Waals surface area contributed by atoms with Crippen molar-refractivity contribution in [2.75, 3.05) is 6.61 Å². The van der Waals surface area contributed by atoms with Crippen LogP contribution in [0.2, 0.25) is 0 Å². The second kappa shape index (κ2) is 12.8. The van der Waals surface area contributed by atoms with Crippen LogP contribution in [-0.2, 0) is 19.1 Å². The molecule has 0 aliphatic heterocycles. The number of hydrogen-bond acceptors (Lipinski definition) is 5. The molecule has 0 amide bonds. The summed E-state index contributed by atoms with van der Waals surface area (Å²) in [5.74, 6) is -1.90. The molecule has 0 aromatic carbocycles. The number of carboxylic acid groups (broad SMARTS) is 1. The molecular formula is C17H29NO5. The first kappa shape index (κ1) is 21.3. The number of carbonyl (C=O) groups excluding carboxylic acids is 2. The molecule has 23 heavy (non-hydrogen) atoms. The van der Waals surface area contributed by atoms with Crippen LogP contribution in [0.25, 0.3) is 0 Å². The van der Waals surface area contributed by atoms with Gasteiger partial charge in [-0.15, -0.1) is 0 Å². The van der Waals surface area contributed by atoms with Crippen molar-refractivity contribution in [2.45, 2.75) is 83.6 Å². The summed E-state index contributed by atoms with van der Waals surface area (Å²) >= 11 is 0. The lowest BCUT2D eigenvalue weighted by Gasteiger charge is -2.24. The van der Waals surface area contributed by atoms with E-state index in [0.29, 0.717) is 6.42 Å². The Morgan fingerprint density at radius 1 is 1.04 bits per heavy atom. The lowest BCUT2D eigenvalue weighted by Crippen LogP contribution is -2.40. The van der Waals surface area contributed by atoms with Crippen LogP contribution in [0.15, 0.2) is 4.99 Å². The lowest BCUT2D eigenvalue weighted by atomic mass is 9.89. The van der Waals surface area contributed by atoms with Gasteiger partial charge < -0.3 is 9.84 Å². The van der Waals surface area contributed by atoms with Crippen LogP contribution < -0.4 is 0 Å². The molecule has 6 nitrogen and oxygen atoms in total. The highest BCUT2D eigenvalue weighted by Crippen LogP contribution is 2.26. The molecule has 0 saturated heterocycles. The predicted octanol–water partition coefficient (Wildman–Crippen LogP) is 3.63. The molecule has 0 aliphatic rings. The standard InChI is InChI=1S/C17H29NO5/c1-3-5-7-9-11-17(18-14-19,13-15(20)21)16(22)23-12-10-8-6-4-2/h3-13H2,1-2H3,(H,20,21). The number of nitrogens with zero attached hydrogens (tertiary/aromatic N) is 1. The van der Waals surface area contributed by atoms with Crippen molar-refractivity contribution in [3.8, 4) is 0 Å². The van der Waals surface area contributed by atoms with Gasteiger partial charge in [0.1, 0.15) is 0 Å². The molecule has 0 saturated carbocycles. The first-order valence-electron chi connectivity index (χ1n) is 8.50. The summed E-state index contributed by atoms with van der Waals surface area (Å²) < 4.78 is 5.19. The third kappa shape index (κ3) is 9.14. The van der Waals surface area contributed by atoms with E-state index in [1.165, 1.54) is 6.08 Å². The van der Waals surface area contributed by atoms with Gasteiger partial charge in [0, 0.05) is 0 Å². The summed E-state index contributed by atoms with van der Waals surface area (Å²) in [7, 11) is 0. The predicted molar refractivity (Wildman–Crippen MR) is 87.0 cm³/mol. The average molecular weight is 327 g/mol. The summed E-state index contributed by atoms with van der Waals surface area (Å²) in [4.78, 5) is 37.7. The van der Waals surface area contributed by atoms with E-state index in [2.05, 4.69) is 18.8 Å². The molecule has 1 unspecified atom stereocenters. The van der Waals surface area contributed by atoms with E-state index in [1.807, 2.05) is 0 Å². The van der Waals surface area contributed by atoms with E-state index in [1.54, 1.807) is 0 Å². The smallest absolute Gasteiger partial charge is 0.335 e. The zero-order valence-electron chi connectivity index (χ0n) is 14.3. The van der Waals surface area contributed by atoms with Crippen LogP contribution in [0.5, 0.6) is 0 Å². The van der Waals surface area contributed by atoms with Crippen LogP contribution in [0.3, 0.4) is 0 Å². The molecule has 0 aromatic heterocycles. The Labute approximate surface area is 138 Å². The molecule has 0 fully saturated rings. The van der Waals surface area contributed by atoms with E-state index < -0.39 is 23.9 Å². The van der Waals surface area contributed by atoms with Crippen LogP contribution >= 0.6 is 0 Å². The minimum Gasteiger partial charge on any atom is -0.481 e. The van der Waals surface area contributed by atoms with Gasteiger partial charge in [-0.25, -0.2) is 9.59 Å². The minimum atomic E-state index is -1.63. The maximum atomic E-state index is 12.3. The number of isocyanates is 1. The fourth-order valence-electron chi connectivity index (χ4n) is 2.41. The Morgan fingerprint density at radius 2 is 1.65 bits per heavy atom. The van der Waals surface area contributed by atoms with E-state index >= 15 is 0 Å². The minimum absolute atomic E-state index is 0.197. The highest BCUT2D eigenvalue weighted by Gasteiger charge is 2.42. The number of carboxylic acids is 1. The van der Waals surface area contributed by atoms with Gasteiger partial charge in [0.25, 0.3) is 0 Å². The average Bonchev–Trinajstić information content (AvgIpc) is 2.50. The molecule has 0 radical (unpaired) electrons. The second-order valence-electron chi connectivity index (χ2n) is 5.81. The summed E-state index contributed by atoms with van der Waals surface area (Å²) in [6.45, 7) is 4.36. The fraction of sp³-hybridized carbons (Fsp3) is 0.824. The highest BCUT2D eigenvalue weighted by molar-refractivity contribution is 5.87. The number of esters is 1. The number of hydrogen-bond donors (Lipinski definition) is 1. The molecule has 0 aliphatic carbocycles. The summed E-state index contributed by atoms with van der Waals surface area (Å²) in [5, 5.41) is 9.07. The topological polar surface area (TPSA) is 93.0 Å². The highest BCUT2D eigenvalue weighted by atomic mass is 16.5. The van der Waals surface area contributed by atoms with Gasteiger partial charge in [0.2, 0.25) is 6.08 Å². The summed E-state index contributed by atoms with van der Waals surface area (Å²) in [6.07, 6.45) is 8.30. The van der Waals surface area contributed by atoms with Crippen molar-refractivity contribution in [1.82, 2.24) is 0 Å². The molecule has 0 aromatic rings. The molecule has 0 heterocycles. The third-order valence-corrected chi connectivity index (χ3v) is 3.76. The monoisotopic (exact) mass is 327 g/mol. The van der Waals surface area contributed by atoms with Gasteiger partial charge in [-0.05, 0) is 12.8 Å². The Morgan fingerprint density at radius 3 is 2.17 bits per heavy atom. The third-order valence-electron chi connectivity index (χ3n) is 3.76. The van der Waals surface area contributed by atoms with Crippen molar-refractivity contribution in [2.24, 2.45) is 4.99 Å². The zero-order valence-corrected chi connectivity index (χ0v) is 14.3. The lowest BCUT2D eigenvalue weighted by molar-refractivity contribution is -0.155. The van der Waals surface area contributed by atoms with Crippen LogP contribution in [0.4, 0.5) is 0 Å². The van der Waals surface area contributed by atoms with Crippen molar-refractivity contribution in [3.63, 3.8) is 0 Å². The number of unbranched alkanes of at least 4 members (excludes halogenated alkanes) is 6. The van der Waals surface area contributed by atoms with Crippen molar-refractivity contribution in [1.29, 1.82) is 0 Å². The number of ether oxygens (including phenoxy) is 1. The molecule has 0 bridgehead atoms. The van der Waals surface area contributed by atoms with E-state index in [4.69, 9.17) is 9.84 Å². The second-order valence-corrected chi connectivity index (χ2v) is 5.81. The van der Waals surface area contributed by atoms with Gasteiger partial charge >= 0.3 is 11.9 Å². The Balaban J connectivity index is 4.79. The molecule has 0 spiro atoms. The number of aliphatic carboxylic acids is 1. The van der Waals surface area contributed by atoms with Gasteiger partial charge in [0.05, 0.1) is 13.0 Å². The van der Waals surface area contributed by atoms with E-state index in [0.717, 1.165) is 44.9 Å². The maximum Gasteiger partial charge on any atom is 0.335 e. The quantitative estimate of drug-likeness (QED) is 0.227. The Bertz CT molecular complexity index is 404. The van der Waals surface area contributed by atoms with Gasteiger partial charge in [-0.3, -0.25) is 4.79 Å². The van der Waals surface area contributed by atoms with Crippen LogP contribution in [-0.4, -0.2) is 35.3 Å². The Kier molecular flexibility index (Phi) is 11.9. The molecular weight excluding hydrogens is 298 g/mol. The van der Waals surface area contributed by atoms with Crippen LogP contribution in [0, 0.1) is 0 Å². The normalized spacial score (nSPS) is 13.0. The molecule has 0 rings (SSSR count). The SMILES string of the molecule is CCCCCCOC(=O)C(CCCCCC)(CC(=O)O)N=C=O. The maximum absolute atomic E-state index is 12.3. The molecule has 1 N–H and O–H groups in total. The molecule has 1 atom stereocenters. The van der Waals surface area contributed by atoms with Crippen molar-refractivity contribution < 1.29 is 24.2 Å². The largest absolute Gasteiger partial charge is 0.481 e. The fourth-order valence-corrected chi connectivity index (χ4v) is 2.41. The summed E-state index contributed by atoms with van der Waals surface area (Å²) in [6, 6.07) is 0. The zero-order chi connectivity index (χ0) is 17.6. The first-order chi connectivity index (χ1) is 11.0. The number of rotatable bonds is 14. The van der Waals surface area contributed by atoms with E-state index in [-0.39, 0.29) is 13.0 Å².